The summed E-state index contributed by atoms with van der Waals surface area (Å²) < 4.78 is 10.9. The summed E-state index contributed by atoms with van der Waals surface area (Å²) in [6.07, 6.45) is 8.04. The molecule has 0 saturated heterocycles. The normalized spacial score (nSPS) is 31.0. The van der Waals surface area contributed by atoms with E-state index in [1.807, 2.05) is 26.0 Å². The van der Waals surface area contributed by atoms with Gasteiger partial charge in [-0.3, -0.25) is 0 Å². The molecule has 0 fully saturated rings. The van der Waals surface area contributed by atoms with Crippen molar-refractivity contribution in [1.82, 2.24) is 0 Å². The zero-order valence-corrected chi connectivity index (χ0v) is 8.77. The molecule has 1 rings (SSSR count). The number of allylic oxidation sites excluding steroid dienone is 2. The topological polar surface area (TPSA) is 35.5 Å². The van der Waals surface area contributed by atoms with Gasteiger partial charge in [0.15, 0.2) is 0 Å². The van der Waals surface area contributed by atoms with Gasteiger partial charge in [0.2, 0.25) is 5.79 Å². The zero-order chi connectivity index (χ0) is 10.6. The van der Waals surface area contributed by atoms with Crippen molar-refractivity contribution in [2.24, 2.45) is 5.92 Å². The van der Waals surface area contributed by atoms with Crippen LogP contribution in [-0.2, 0) is 14.3 Å². The zero-order valence-electron chi connectivity index (χ0n) is 8.77. The molecule has 78 valence electrons. The largest absolute Gasteiger partial charge is 0.349 e. The quantitative estimate of drug-likeness (QED) is 0.507. The molecule has 0 aromatic carbocycles. The number of ether oxygens (including phenoxy) is 2. The Labute approximate surface area is 84.4 Å². The number of hydrogen-bond donors (Lipinski definition) is 0. The van der Waals surface area contributed by atoms with E-state index in [0.717, 1.165) is 6.29 Å². The minimum atomic E-state index is -0.926. The average molecular weight is 196 g/mol. The van der Waals surface area contributed by atoms with Gasteiger partial charge >= 0.3 is 0 Å². The van der Waals surface area contributed by atoms with E-state index in [9.17, 15) is 4.79 Å². The lowest BCUT2D eigenvalue weighted by Crippen LogP contribution is -2.43. The van der Waals surface area contributed by atoms with E-state index in [1.54, 1.807) is 19.3 Å². The molecule has 0 aliphatic heterocycles. The summed E-state index contributed by atoms with van der Waals surface area (Å²) >= 11 is 0. The van der Waals surface area contributed by atoms with Crippen LogP contribution in [0.15, 0.2) is 24.3 Å². The Hall–Kier alpha value is -0.930. The Kier molecular flexibility index (Phi) is 3.61. The first-order valence-electron chi connectivity index (χ1n) is 4.69. The van der Waals surface area contributed by atoms with Crippen molar-refractivity contribution < 1.29 is 14.3 Å². The molecule has 0 aromatic heterocycles. The molecule has 0 amide bonds. The second-order valence-electron chi connectivity index (χ2n) is 3.50. The molecular weight excluding hydrogens is 180 g/mol. The molecule has 0 aromatic rings. The number of rotatable bonds is 4. The summed E-state index contributed by atoms with van der Waals surface area (Å²) in [5, 5.41) is 0. The maximum Gasteiger partial charge on any atom is 0.201 e. The van der Waals surface area contributed by atoms with Crippen LogP contribution in [0, 0.1) is 5.92 Å². The first kappa shape index (κ1) is 11.1. The van der Waals surface area contributed by atoms with Gasteiger partial charge in [0.05, 0.1) is 12.0 Å². The van der Waals surface area contributed by atoms with E-state index < -0.39 is 5.79 Å². The van der Waals surface area contributed by atoms with E-state index in [2.05, 4.69) is 0 Å². The van der Waals surface area contributed by atoms with Crippen LogP contribution >= 0.6 is 0 Å². The van der Waals surface area contributed by atoms with Crippen molar-refractivity contribution in [3.05, 3.63) is 24.3 Å². The van der Waals surface area contributed by atoms with E-state index in [-0.39, 0.29) is 12.0 Å². The van der Waals surface area contributed by atoms with Crippen molar-refractivity contribution >= 4 is 6.29 Å². The highest BCUT2D eigenvalue weighted by molar-refractivity contribution is 5.60. The van der Waals surface area contributed by atoms with E-state index in [0.29, 0.717) is 0 Å². The maximum absolute atomic E-state index is 10.9. The molecule has 2 atom stereocenters. The highest BCUT2D eigenvalue weighted by Gasteiger charge is 2.38. The van der Waals surface area contributed by atoms with Gasteiger partial charge < -0.3 is 14.3 Å². The van der Waals surface area contributed by atoms with Crippen LogP contribution in [0.4, 0.5) is 0 Å². The van der Waals surface area contributed by atoms with Crippen molar-refractivity contribution in [3.63, 3.8) is 0 Å². The molecule has 1 aliphatic carbocycles. The molecule has 3 heteroatoms. The van der Waals surface area contributed by atoms with Crippen molar-refractivity contribution in [1.29, 1.82) is 0 Å². The smallest absolute Gasteiger partial charge is 0.201 e. The van der Waals surface area contributed by atoms with Gasteiger partial charge in [-0.05, 0) is 19.9 Å². The Morgan fingerprint density at radius 2 is 2.14 bits per heavy atom. The molecular formula is C11H16O3. The Morgan fingerprint density at radius 3 is 2.64 bits per heavy atom. The fourth-order valence-corrected chi connectivity index (χ4v) is 1.50. The summed E-state index contributed by atoms with van der Waals surface area (Å²) in [5.74, 6) is -1.30. The van der Waals surface area contributed by atoms with Crippen LogP contribution in [0.2, 0.25) is 0 Å². The Bertz CT molecular complexity index is 255. The highest BCUT2D eigenvalue weighted by atomic mass is 16.7. The van der Waals surface area contributed by atoms with Gasteiger partial charge in [0.1, 0.15) is 6.29 Å². The van der Waals surface area contributed by atoms with Crippen LogP contribution in [-0.4, -0.2) is 25.3 Å². The van der Waals surface area contributed by atoms with E-state index >= 15 is 0 Å². The Morgan fingerprint density at radius 1 is 1.43 bits per heavy atom. The SMILES string of the molecule is COC1(OC(C)C)C=CC=CC1C=O. The number of methoxy groups -OCH3 is 1. The third-order valence-corrected chi connectivity index (χ3v) is 2.11. The van der Waals surface area contributed by atoms with Crippen molar-refractivity contribution in [3.8, 4) is 0 Å². The maximum atomic E-state index is 10.9. The molecule has 1 aliphatic rings. The van der Waals surface area contributed by atoms with Crippen LogP contribution in [0.25, 0.3) is 0 Å². The molecule has 0 saturated carbocycles. The monoisotopic (exact) mass is 196 g/mol. The standard InChI is InChI=1S/C11H16O3/c1-9(2)14-11(13-3)7-5-4-6-10(11)8-12/h4-10H,1-3H3. The van der Waals surface area contributed by atoms with Crippen molar-refractivity contribution in [2.75, 3.05) is 7.11 Å². The lowest BCUT2D eigenvalue weighted by Gasteiger charge is -2.35. The number of hydrogen-bond acceptors (Lipinski definition) is 3. The Balaban J connectivity index is 2.89. The molecule has 3 nitrogen and oxygen atoms in total. The first-order valence-corrected chi connectivity index (χ1v) is 4.69. The van der Waals surface area contributed by atoms with Gasteiger partial charge in [-0.25, -0.2) is 0 Å². The molecule has 14 heavy (non-hydrogen) atoms. The lowest BCUT2D eigenvalue weighted by molar-refractivity contribution is -0.224. The van der Waals surface area contributed by atoms with Gasteiger partial charge in [-0.2, -0.15) is 0 Å². The summed E-state index contributed by atoms with van der Waals surface area (Å²) in [6.45, 7) is 3.82. The fraction of sp³-hybridized carbons (Fsp3) is 0.545. The predicted molar refractivity (Wildman–Crippen MR) is 53.8 cm³/mol. The van der Waals surface area contributed by atoms with E-state index in [1.165, 1.54) is 0 Å². The van der Waals surface area contributed by atoms with Crippen LogP contribution < -0.4 is 0 Å². The predicted octanol–water partition coefficient (Wildman–Crippen LogP) is 1.70. The van der Waals surface area contributed by atoms with E-state index in [4.69, 9.17) is 9.47 Å². The molecule has 0 N–H and O–H groups in total. The number of aldehydes is 1. The lowest BCUT2D eigenvalue weighted by atomic mass is 9.95. The molecule has 0 heterocycles. The number of carbonyl (C=O) groups excluding carboxylic acids is 1. The third-order valence-electron chi connectivity index (χ3n) is 2.11. The summed E-state index contributed by atoms with van der Waals surface area (Å²) in [7, 11) is 1.54. The minimum Gasteiger partial charge on any atom is -0.349 e. The first-order chi connectivity index (χ1) is 6.64. The molecule has 0 radical (unpaired) electrons. The fourth-order valence-electron chi connectivity index (χ4n) is 1.50. The van der Waals surface area contributed by atoms with Gasteiger partial charge in [0.25, 0.3) is 0 Å². The number of carbonyl (C=O) groups is 1. The van der Waals surface area contributed by atoms with Gasteiger partial charge in [-0.15, -0.1) is 0 Å². The highest BCUT2D eigenvalue weighted by Crippen LogP contribution is 2.29. The second kappa shape index (κ2) is 4.53. The molecule has 2 unspecified atom stereocenters. The van der Waals surface area contributed by atoms with Crippen LogP contribution in [0.5, 0.6) is 0 Å². The summed E-state index contributed by atoms with van der Waals surface area (Å²) in [5.41, 5.74) is 0. The molecule has 0 bridgehead atoms. The second-order valence-corrected chi connectivity index (χ2v) is 3.50. The van der Waals surface area contributed by atoms with Crippen LogP contribution in [0.1, 0.15) is 13.8 Å². The molecule has 0 spiro atoms. The summed E-state index contributed by atoms with van der Waals surface area (Å²) in [4.78, 5) is 10.9. The third kappa shape index (κ3) is 2.11. The van der Waals surface area contributed by atoms with Crippen molar-refractivity contribution in [2.45, 2.75) is 25.7 Å². The average Bonchev–Trinajstić information content (AvgIpc) is 2.17. The van der Waals surface area contributed by atoms with Gasteiger partial charge in [0, 0.05) is 7.11 Å². The van der Waals surface area contributed by atoms with Crippen LogP contribution in [0.3, 0.4) is 0 Å². The summed E-state index contributed by atoms with van der Waals surface area (Å²) in [6, 6.07) is 0. The van der Waals surface area contributed by atoms with Gasteiger partial charge in [-0.1, -0.05) is 18.2 Å². The minimum absolute atomic E-state index is 0.00792.